The van der Waals surface area contributed by atoms with Gasteiger partial charge >= 0.3 is 0 Å². The van der Waals surface area contributed by atoms with Gasteiger partial charge in [0, 0.05) is 18.8 Å². The van der Waals surface area contributed by atoms with Crippen molar-refractivity contribution in [3.8, 4) is 0 Å². The summed E-state index contributed by atoms with van der Waals surface area (Å²) in [6.45, 7) is 3.17. The monoisotopic (exact) mass is 323 g/mol. The summed E-state index contributed by atoms with van der Waals surface area (Å²) in [5.41, 5.74) is 0.999. The van der Waals surface area contributed by atoms with E-state index in [1.807, 2.05) is 12.1 Å². The molecule has 0 aromatic carbocycles. The Labute approximate surface area is 138 Å². The lowest BCUT2D eigenvalue weighted by molar-refractivity contribution is 0.102. The molecule has 3 aromatic heterocycles. The molecular weight excluding hydrogens is 306 g/mol. The summed E-state index contributed by atoms with van der Waals surface area (Å²) >= 11 is 0. The number of fused-ring (bicyclic) bond motifs is 1. The summed E-state index contributed by atoms with van der Waals surface area (Å²) in [4.78, 5) is 19.0. The third-order valence-electron chi connectivity index (χ3n) is 4.24. The SMILES string of the molecule is CC1CCCN1c1ccc2ncc(C(=O)Nc3cccnn3)n2n1. The standard InChI is InChI=1S/C16H17N7O/c1-11-4-3-9-22(11)15-7-6-14-17-10-12(23(14)21-15)16(24)19-13-5-2-8-18-20-13/h2,5-8,10-11H,3-4,9H2,1H3,(H,19,20,24). The van der Waals surface area contributed by atoms with Crippen LogP contribution in [-0.4, -0.2) is 43.3 Å². The van der Waals surface area contributed by atoms with E-state index in [9.17, 15) is 4.79 Å². The number of aromatic nitrogens is 5. The van der Waals surface area contributed by atoms with Crippen molar-refractivity contribution in [2.45, 2.75) is 25.8 Å². The summed E-state index contributed by atoms with van der Waals surface area (Å²) < 4.78 is 1.58. The maximum atomic E-state index is 12.5. The van der Waals surface area contributed by atoms with E-state index >= 15 is 0 Å². The summed E-state index contributed by atoms with van der Waals surface area (Å²) in [6, 6.07) is 7.68. The van der Waals surface area contributed by atoms with Gasteiger partial charge in [-0.3, -0.25) is 4.79 Å². The Morgan fingerprint density at radius 1 is 1.33 bits per heavy atom. The van der Waals surface area contributed by atoms with E-state index < -0.39 is 0 Å². The molecule has 1 aliphatic rings. The van der Waals surface area contributed by atoms with E-state index in [4.69, 9.17) is 0 Å². The minimum atomic E-state index is -0.317. The molecule has 24 heavy (non-hydrogen) atoms. The van der Waals surface area contributed by atoms with Gasteiger partial charge < -0.3 is 10.2 Å². The van der Waals surface area contributed by atoms with Crippen LogP contribution >= 0.6 is 0 Å². The quantitative estimate of drug-likeness (QED) is 0.790. The Morgan fingerprint density at radius 3 is 3.00 bits per heavy atom. The molecule has 1 N–H and O–H groups in total. The van der Waals surface area contributed by atoms with Gasteiger partial charge in [-0.1, -0.05) is 0 Å². The average Bonchev–Trinajstić information content (AvgIpc) is 3.21. The summed E-state index contributed by atoms with van der Waals surface area (Å²) in [6.07, 6.45) is 5.38. The molecule has 0 bridgehead atoms. The van der Waals surface area contributed by atoms with Crippen molar-refractivity contribution < 1.29 is 4.79 Å². The zero-order valence-electron chi connectivity index (χ0n) is 13.3. The van der Waals surface area contributed by atoms with Crippen LogP contribution < -0.4 is 10.2 Å². The highest BCUT2D eigenvalue weighted by Gasteiger charge is 2.23. The summed E-state index contributed by atoms with van der Waals surface area (Å²) in [5, 5.41) is 14.9. The van der Waals surface area contributed by atoms with E-state index in [0.717, 1.165) is 25.2 Å². The number of imidazole rings is 1. The fraction of sp³-hybridized carbons (Fsp3) is 0.312. The molecule has 122 valence electrons. The number of amides is 1. The van der Waals surface area contributed by atoms with E-state index in [-0.39, 0.29) is 5.91 Å². The van der Waals surface area contributed by atoms with Crippen molar-refractivity contribution in [1.29, 1.82) is 0 Å². The van der Waals surface area contributed by atoms with E-state index in [1.165, 1.54) is 6.20 Å². The lowest BCUT2D eigenvalue weighted by Crippen LogP contribution is -2.28. The van der Waals surface area contributed by atoms with Gasteiger partial charge in [-0.15, -0.1) is 10.2 Å². The molecular formula is C16H17N7O. The van der Waals surface area contributed by atoms with Gasteiger partial charge in [0.2, 0.25) is 0 Å². The second-order valence-corrected chi connectivity index (χ2v) is 5.85. The van der Waals surface area contributed by atoms with E-state index in [2.05, 4.69) is 37.4 Å². The Balaban J connectivity index is 1.67. The third-order valence-corrected chi connectivity index (χ3v) is 4.24. The topological polar surface area (TPSA) is 88.3 Å². The molecule has 0 aliphatic carbocycles. The molecule has 3 aromatic rings. The zero-order chi connectivity index (χ0) is 16.5. The molecule has 1 atom stereocenters. The highest BCUT2D eigenvalue weighted by Crippen LogP contribution is 2.23. The average molecular weight is 323 g/mol. The maximum Gasteiger partial charge on any atom is 0.277 e. The Bertz CT molecular complexity index is 877. The van der Waals surface area contributed by atoms with Crippen LogP contribution in [0.5, 0.6) is 0 Å². The summed E-state index contributed by atoms with van der Waals surface area (Å²) in [5.74, 6) is 0.933. The molecule has 8 heteroatoms. The molecule has 1 saturated heterocycles. The van der Waals surface area contributed by atoms with Gasteiger partial charge in [0.1, 0.15) is 5.82 Å². The van der Waals surface area contributed by atoms with Gasteiger partial charge in [0.05, 0.1) is 6.20 Å². The normalized spacial score (nSPS) is 17.4. The lowest BCUT2D eigenvalue weighted by atomic mass is 10.2. The Hall–Kier alpha value is -3.03. The Morgan fingerprint density at radius 2 is 2.25 bits per heavy atom. The van der Waals surface area contributed by atoms with Crippen molar-refractivity contribution in [2.75, 3.05) is 16.8 Å². The van der Waals surface area contributed by atoms with Crippen molar-refractivity contribution in [3.05, 3.63) is 42.4 Å². The van der Waals surface area contributed by atoms with Gasteiger partial charge in [0.25, 0.3) is 5.91 Å². The highest BCUT2D eigenvalue weighted by molar-refractivity contribution is 6.02. The first-order valence-electron chi connectivity index (χ1n) is 7.93. The number of rotatable bonds is 3. The minimum Gasteiger partial charge on any atom is -0.352 e. The van der Waals surface area contributed by atoms with Crippen molar-refractivity contribution >= 4 is 23.2 Å². The van der Waals surface area contributed by atoms with Crippen molar-refractivity contribution in [1.82, 2.24) is 24.8 Å². The molecule has 4 heterocycles. The molecule has 1 fully saturated rings. The maximum absolute atomic E-state index is 12.5. The number of carbonyl (C=O) groups excluding carboxylic acids is 1. The Kier molecular flexibility index (Phi) is 3.56. The summed E-state index contributed by atoms with van der Waals surface area (Å²) in [7, 11) is 0. The molecule has 8 nitrogen and oxygen atoms in total. The number of anilines is 2. The van der Waals surface area contributed by atoms with Crippen LogP contribution in [0.4, 0.5) is 11.6 Å². The first-order valence-corrected chi connectivity index (χ1v) is 7.93. The molecule has 0 saturated carbocycles. The van der Waals surface area contributed by atoms with Crippen LogP contribution in [-0.2, 0) is 0 Å². The van der Waals surface area contributed by atoms with Gasteiger partial charge in [-0.05, 0) is 44.0 Å². The van der Waals surface area contributed by atoms with E-state index in [0.29, 0.717) is 23.2 Å². The first kappa shape index (κ1) is 14.6. The fourth-order valence-corrected chi connectivity index (χ4v) is 2.99. The molecule has 4 rings (SSSR count). The smallest absolute Gasteiger partial charge is 0.277 e. The highest BCUT2D eigenvalue weighted by atomic mass is 16.2. The number of carbonyl (C=O) groups is 1. The molecule has 1 unspecified atom stereocenters. The van der Waals surface area contributed by atoms with Crippen LogP contribution in [0.3, 0.4) is 0 Å². The van der Waals surface area contributed by atoms with Crippen LogP contribution in [0.1, 0.15) is 30.3 Å². The molecule has 0 spiro atoms. The van der Waals surface area contributed by atoms with Crippen LogP contribution in [0, 0.1) is 0 Å². The largest absolute Gasteiger partial charge is 0.352 e. The van der Waals surface area contributed by atoms with Crippen LogP contribution in [0.15, 0.2) is 36.7 Å². The lowest BCUT2D eigenvalue weighted by Gasteiger charge is -2.22. The first-order chi connectivity index (χ1) is 11.7. The molecule has 1 amide bonds. The zero-order valence-corrected chi connectivity index (χ0v) is 13.3. The predicted octanol–water partition coefficient (Wildman–Crippen LogP) is 1.76. The number of nitrogens with one attached hydrogen (secondary N) is 1. The molecule has 0 radical (unpaired) electrons. The van der Waals surface area contributed by atoms with Gasteiger partial charge in [-0.25, -0.2) is 9.50 Å². The second-order valence-electron chi connectivity index (χ2n) is 5.85. The third kappa shape index (κ3) is 2.55. The number of hydrogen-bond acceptors (Lipinski definition) is 6. The van der Waals surface area contributed by atoms with Gasteiger partial charge in [-0.2, -0.15) is 5.10 Å². The van der Waals surface area contributed by atoms with Crippen molar-refractivity contribution in [2.24, 2.45) is 0 Å². The number of hydrogen-bond donors (Lipinski definition) is 1. The minimum absolute atomic E-state index is 0.317. The number of nitrogens with zero attached hydrogens (tertiary/aromatic N) is 6. The second kappa shape index (κ2) is 5.88. The fourth-order valence-electron chi connectivity index (χ4n) is 2.99. The van der Waals surface area contributed by atoms with Crippen LogP contribution in [0.25, 0.3) is 5.65 Å². The van der Waals surface area contributed by atoms with Gasteiger partial charge in [0.15, 0.2) is 17.2 Å². The van der Waals surface area contributed by atoms with E-state index in [1.54, 1.807) is 22.8 Å². The van der Waals surface area contributed by atoms with Crippen LogP contribution in [0.2, 0.25) is 0 Å². The predicted molar refractivity (Wildman–Crippen MR) is 89.0 cm³/mol. The van der Waals surface area contributed by atoms with Crippen molar-refractivity contribution in [3.63, 3.8) is 0 Å². The molecule has 1 aliphatic heterocycles.